The number of rotatable bonds is 3. The van der Waals surface area contributed by atoms with Crippen LogP contribution in [0.3, 0.4) is 0 Å². The number of carbonyl (C=O) groups excluding carboxylic acids is 1. The number of methoxy groups -OCH3 is 1. The van der Waals surface area contributed by atoms with Gasteiger partial charge in [-0.1, -0.05) is 12.8 Å². The molecule has 6 heteroatoms. The molecule has 1 aliphatic rings. The summed E-state index contributed by atoms with van der Waals surface area (Å²) in [5, 5.41) is 0. The fraction of sp³-hybridized carbons (Fsp3) is 0.500. The van der Waals surface area contributed by atoms with Crippen LogP contribution in [0.15, 0.2) is 21.5 Å². The van der Waals surface area contributed by atoms with E-state index in [1.807, 2.05) is 0 Å². The summed E-state index contributed by atoms with van der Waals surface area (Å²) in [7, 11) is -2.10. The van der Waals surface area contributed by atoms with Crippen LogP contribution in [-0.4, -0.2) is 27.8 Å². The molecule has 1 saturated carbocycles. The zero-order chi connectivity index (χ0) is 14.9. The maximum Gasteiger partial charge on any atom is 0.339 e. The molecule has 4 nitrogen and oxygen atoms in total. The van der Waals surface area contributed by atoms with Gasteiger partial charge in [0.25, 0.3) is 0 Å². The van der Waals surface area contributed by atoms with Gasteiger partial charge >= 0.3 is 5.97 Å². The third kappa shape index (κ3) is 3.06. The van der Waals surface area contributed by atoms with Crippen LogP contribution in [0.1, 0.15) is 47.5 Å². The van der Waals surface area contributed by atoms with Gasteiger partial charge in [-0.25, -0.2) is 13.2 Å². The van der Waals surface area contributed by atoms with Crippen LogP contribution in [0.25, 0.3) is 0 Å². The third-order valence-corrected chi connectivity index (χ3v) is 5.51. The van der Waals surface area contributed by atoms with Gasteiger partial charge in [0.2, 0.25) is 0 Å². The second-order valence-electron chi connectivity index (χ2n) is 5.12. The first kappa shape index (κ1) is 15.5. The highest BCUT2D eigenvalue weighted by Crippen LogP contribution is 2.39. The van der Waals surface area contributed by atoms with E-state index >= 15 is 0 Å². The molecule has 0 aromatic heterocycles. The number of ether oxygens (including phenoxy) is 1. The Morgan fingerprint density at radius 3 is 2.40 bits per heavy atom. The van der Waals surface area contributed by atoms with Crippen molar-refractivity contribution >= 4 is 31.7 Å². The first-order chi connectivity index (χ1) is 9.34. The van der Waals surface area contributed by atoms with Gasteiger partial charge in [0, 0.05) is 10.7 Å². The second-order valence-corrected chi connectivity index (χ2v) is 7.95. The van der Waals surface area contributed by atoms with E-state index in [1.54, 1.807) is 6.07 Å². The number of hydrogen-bond donors (Lipinski definition) is 0. The molecule has 0 amide bonds. The fourth-order valence-electron chi connectivity index (χ4n) is 2.71. The molecule has 2 rings (SSSR count). The Labute approximate surface area is 127 Å². The predicted molar refractivity (Wildman–Crippen MR) is 79.8 cm³/mol. The number of hydrogen-bond acceptors (Lipinski definition) is 4. The van der Waals surface area contributed by atoms with E-state index in [-0.39, 0.29) is 16.4 Å². The highest BCUT2D eigenvalue weighted by molar-refractivity contribution is 9.10. The van der Waals surface area contributed by atoms with Gasteiger partial charge < -0.3 is 4.74 Å². The number of sulfone groups is 1. The molecule has 0 unspecified atom stereocenters. The molecule has 110 valence electrons. The van der Waals surface area contributed by atoms with Crippen molar-refractivity contribution in [1.82, 2.24) is 0 Å². The molecule has 1 aromatic carbocycles. The van der Waals surface area contributed by atoms with E-state index in [0.717, 1.165) is 31.2 Å². The van der Waals surface area contributed by atoms with Crippen LogP contribution < -0.4 is 0 Å². The van der Waals surface area contributed by atoms with Gasteiger partial charge in [0.1, 0.15) is 0 Å². The van der Waals surface area contributed by atoms with Crippen molar-refractivity contribution in [2.45, 2.75) is 36.5 Å². The van der Waals surface area contributed by atoms with E-state index < -0.39 is 15.8 Å². The van der Waals surface area contributed by atoms with Crippen LogP contribution in [0.2, 0.25) is 0 Å². The van der Waals surface area contributed by atoms with Crippen molar-refractivity contribution < 1.29 is 17.9 Å². The first-order valence-electron chi connectivity index (χ1n) is 6.46. The molecule has 0 radical (unpaired) electrons. The van der Waals surface area contributed by atoms with Crippen molar-refractivity contribution in [2.24, 2.45) is 0 Å². The topological polar surface area (TPSA) is 60.4 Å². The molecule has 1 fully saturated rings. The molecular formula is C14H17BrO4S. The Bertz CT molecular complexity index is 631. The maximum absolute atomic E-state index is 12.0. The second kappa shape index (κ2) is 5.85. The summed E-state index contributed by atoms with van der Waals surface area (Å²) in [6.45, 7) is 0. The van der Waals surface area contributed by atoms with Crippen molar-refractivity contribution in [3.63, 3.8) is 0 Å². The first-order valence-corrected chi connectivity index (χ1v) is 9.15. The molecule has 1 aromatic rings. The minimum Gasteiger partial charge on any atom is -0.465 e. The van der Waals surface area contributed by atoms with E-state index in [4.69, 9.17) is 0 Å². The lowest BCUT2D eigenvalue weighted by Crippen LogP contribution is -2.10. The Morgan fingerprint density at radius 1 is 1.30 bits per heavy atom. The molecule has 1 aliphatic carbocycles. The Hall–Kier alpha value is -0.880. The Balaban J connectivity index is 2.62. The summed E-state index contributed by atoms with van der Waals surface area (Å²) in [4.78, 5) is 11.9. The van der Waals surface area contributed by atoms with Crippen molar-refractivity contribution in [1.29, 1.82) is 0 Å². The highest BCUT2D eigenvalue weighted by Gasteiger charge is 2.26. The summed E-state index contributed by atoms with van der Waals surface area (Å²) in [6.07, 6.45) is 5.39. The SMILES string of the molecule is COC(=O)c1cc(S(C)(=O)=O)c(C2CCCC2)cc1Br. The van der Waals surface area contributed by atoms with Crippen molar-refractivity contribution in [2.75, 3.05) is 13.4 Å². The molecule has 0 heterocycles. The summed E-state index contributed by atoms with van der Waals surface area (Å²) in [6, 6.07) is 3.19. The average Bonchev–Trinajstić information content (AvgIpc) is 2.89. The lowest BCUT2D eigenvalue weighted by Gasteiger charge is -2.16. The van der Waals surface area contributed by atoms with E-state index in [0.29, 0.717) is 4.47 Å². The van der Waals surface area contributed by atoms with E-state index in [1.165, 1.54) is 19.4 Å². The number of carbonyl (C=O) groups is 1. The summed E-state index contributed by atoms with van der Waals surface area (Å²) in [5.74, 6) is -0.289. The molecular weight excluding hydrogens is 344 g/mol. The maximum atomic E-state index is 12.0. The van der Waals surface area contributed by atoms with Crippen LogP contribution in [0, 0.1) is 0 Å². The number of halogens is 1. The highest BCUT2D eigenvalue weighted by atomic mass is 79.9. The lowest BCUT2D eigenvalue weighted by molar-refractivity contribution is 0.0599. The molecule has 0 N–H and O–H groups in total. The van der Waals surface area contributed by atoms with Gasteiger partial charge in [-0.2, -0.15) is 0 Å². The molecule has 20 heavy (non-hydrogen) atoms. The predicted octanol–water partition coefficient (Wildman–Crippen LogP) is 3.30. The van der Waals surface area contributed by atoms with Gasteiger partial charge in [0.05, 0.1) is 17.6 Å². The van der Waals surface area contributed by atoms with Gasteiger partial charge in [-0.3, -0.25) is 0 Å². The zero-order valence-corrected chi connectivity index (χ0v) is 13.9. The van der Waals surface area contributed by atoms with Gasteiger partial charge in [-0.15, -0.1) is 0 Å². The molecule has 0 aliphatic heterocycles. The summed E-state index contributed by atoms with van der Waals surface area (Å²) < 4.78 is 29.3. The van der Waals surface area contributed by atoms with Crippen molar-refractivity contribution in [3.8, 4) is 0 Å². The van der Waals surface area contributed by atoms with Crippen LogP contribution in [0.4, 0.5) is 0 Å². The smallest absolute Gasteiger partial charge is 0.339 e. The number of benzene rings is 1. The standard InChI is InChI=1S/C14H17BrO4S/c1-19-14(16)11-8-13(20(2,17)18)10(7-12(11)15)9-5-3-4-6-9/h7-9H,3-6H2,1-2H3. The summed E-state index contributed by atoms with van der Waals surface area (Å²) >= 11 is 3.34. The monoisotopic (exact) mass is 360 g/mol. The number of esters is 1. The quantitative estimate of drug-likeness (QED) is 0.775. The molecule has 0 atom stereocenters. The van der Waals surface area contributed by atoms with Gasteiger partial charge in [-0.05, 0) is 52.4 Å². The van der Waals surface area contributed by atoms with E-state index in [9.17, 15) is 13.2 Å². The zero-order valence-electron chi connectivity index (χ0n) is 11.5. The Morgan fingerprint density at radius 2 is 1.90 bits per heavy atom. The normalized spacial score (nSPS) is 16.4. The van der Waals surface area contributed by atoms with Crippen LogP contribution >= 0.6 is 15.9 Å². The molecule has 0 saturated heterocycles. The van der Waals surface area contributed by atoms with E-state index in [2.05, 4.69) is 20.7 Å². The average molecular weight is 361 g/mol. The Kier molecular flexibility index (Phi) is 4.54. The van der Waals surface area contributed by atoms with Gasteiger partial charge in [0.15, 0.2) is 9.84 Å². The van der Waals surface area contributed by atoms with Crippen molar-refractivity contribution in [3.05, 3.63) is 27.7 Å². The minimum atomic E-state index is -3.38. The largest absolute Gasteiger partial charge is 0.465 e. The van der Waals surface area contributed by atoms with Crippen LogP contribution in [0.5, 0.6) is 0 Å². The molecule has 0 spiro atoms. The molecule has 0 bridgehead atoms. The van der Waals surface area contributed by atoms with Crippen LogP contribution in [-0.2, 0) is 14.6 Å². The summed E-state index contributed by atoms with van der Waals surface area (Å²) in [5.41, 5.74) is 1.05. The lowest BCUT2D eigenvalue weighted by atomic mass is 9.96. The fourth-order valence-corrected chi connectivity index (χ4v) is 4.22. The minimum absolute atomic E-state index is 0.244. The third-order valence-electron chi connectivity index (χ3n) is 3.70.